The number of hydrogen-bond donors (Lipinski definition) is 2. The molecule has 0 aliphatic rings. The van der Waals surface area contributed by atoms with Gasteiger partial charge in [-0.25, -0.2) is 4.39 Å². The SMILES string of the molecule is O=C(CC(NC(=O)c1ccccc1Cl)c1ccccc1)NCc1ccc(F)cc1C(F)(F)F. The van der Waals surface area contributed by atoms with Gasteiger partial charge in [0.15, 0.2) is 0 Å². The third-order valence-electron chi connectivity index (χ3n) is 4.87. The molecule has 2 amide bonds. The van der Waals surface area contributed by atoms with Crippen LogP contribution >= 0.6 is 11.6 Å². The molecular weight excluding hydrogens is 460 g/mol. The van der Waals surface area contributed by atoms with Gasteiger partial charge in [-0.2, -0.15) is 13.2 Å². The van der Waals surface area contributed by atoms with E-state index < -0.39 is 42.0 Å². The lowest BCUT2D eigenvalue weighted by Crippen LogP contribution is -2.34. The first-order valence-electron chi connectivity index (χ1n) is 9.88. The highest BCUT2D eigenvalue weighted by molar-refractivity contribution is 6.33. The molecule has 3 aromatic carbocycles. The van der Waals surface area contributed by atoms with Crippen molar-refractivity contribution in [3.05, 3.63) is 106 Å². The zero-order chi connectivity index (χ0) is 24.0. The van der Waals surface area contributed by atoms with Gasteiger partial charge >= 0.3 is 6.18 Å². The Bertz CT molecular complexity index is 1140. The number of amides is 2. The smallest absolute Gasteiger partial charge is 0.352 e. The Morgan fingerprint density at radius 3 is 2.27 bits per heavy atom. The van der Waals surface area contributed by atoms with E-state index in [9.17, 15) is 27.2 Å². The molecule has 9 heteroatoms. The van der Waals surface area contributed by atoms with Gasteiger partial charge in [-0.1, -0.05) is 60.1 Å². The van der Waals surface area contributed by atoms with Crippen LogP contribution in [0.1, 0.15) is 39.5 Å². The maximum absolute atomic E-state index is 13.3. The lowest BCUT2D eigenvalue weighted by molar-refractivity contribution is -0.138. The molecule has 0 aromatic heterocycles. The lowest BCUT2D eigenvalue weighted by atomic mass is 10.0. The summed E-state index contributed by atoms with van der Waals surface area (Å²) in [4.78, 5) is 25.3. The van der Waals surface area contributed by atoms with E-state index in [1.807, 2.05) is 0 Å². The van der Waals surface area contributed by atoms with Crippen LogP contribution in [0.15, 0.2) is 72.8 Å². The second-order valence-electron chi connectivity index (χ2n) is 7.20. The molecule has 0 saturated heterocycles. The molecule has 1 unspecified atom stereocenters. The minimum absolute atomic E-state index is 0.224. The van der Waals surface area contributed by atoms with Crippen LogP contribution in [0.25, 0.3) is 0 Å². The fourth-order valence-corrected chi connectivity index (χ4v) is 3.46. The molecule has 1 atom stereocenters. The normalized spacial score (nSPS) is 12.2. The van der Waals surface area contributed by atoms with Crippen molar-refractivity contribution >= 4 is 23.4 Å². The minimum atomic E-state index is -4.77. The Kier molecular flexibility index (Phi) is 7.71. The summed E-state index contributed by atoms with van der Waals surface area (Å²) < 4.78 is 52.8. The zero-order valence-corrected chi connectivity index (χ0v) is 17.9. The molecule has 0 fully saturated rings. The number of halogens is 5. The maximum atomic E-state index is 13.3. The second kappa shape index (κ2) is 10.5. The van der Waals surface area contributed by atoms with Crippen molar-refractivity contribution in [1.82, 2.24) is 10.6 Å². The lowest BCUT2D eigenvalue weighted by Gasteiger charge is -2.20. The van der Waals surface area contributed by atoms with E-state index >= 15 is 0 Å². The zero-order valence-electron chi connectivity index (χ0n) is 17.1. The predicted octanol–water partition coefficient (Wildman–Crippen LogP) is 5.68. The monoisotopic (exact) mass is 478 g/mol. The van der Waals surface area contributed by atoms with E-state index in [4.69, 9.17) is 11.6 Å². The van der Waals surface area contributed by atoms with Crippen LogP contribution in [0, 0.1) is 5.82 Å². The van der Waals surface area contributed by atoms with Crippen LogP contribution in [0.4, 0.5) is 17.6 Å². The van der Waals surface area contributed by atoms with Crippen molar-refractivity contribution in [2.24, 2.45) is 0 Å². The van der Waals surface area contributed by atoms with Crippen molar-refractivity contribution in [1.29, 1.82) is 0 Å². The molecule has 0 spiro atoms. The van der Waals surface area contributed by atoms with Crippen LogP contribution in [0.5, 0.6) is 0 Å². The summed E-state index contributed by atoms with van der Waals surface area (Å²) in [6.07, 6.45) is -5.00. The molecular formula is C24H19ClF4N2O2. The number of hydrogen-bond acceptors (Lipinski definition) is 2. The number of carbonyl (C=O) groups is 2. The average molecular weight is 479 g/mol. The van der Waals surface area contributed by atoms with Crippen LogP contribution < -0.4 is 10.6 Å². The third kappa shape index (κ3) is 6.55. The molecule has 3 aromatic rings. The number of nitrogens with one attached hydrogen (secondary N) is 2. The molecule has 0 radical (unpaired) electrons. The Morgan fingerprint density at radius 1 is 0.939 bits per heavy atom. The van der Waals surface area contributed by atoms with E-state index in [1.54, 1.807) is 48.5 Å². The van der Waals surface area contributed by atoms with Gasteiger partial charge in [0.25, 0.3) is 5.91 Å². The van der Waals surface area contributed by atoms with E-state index in [-0.39, 0.29) is 22.6 Å². The van der Waals surface area contributed by atoms with Gasteiger partial charge in [0.2, 0.25) is 5.91 Å². The van der Waals surface area contributed by atoms with E-state index in [2.05, 4.69) is 10.6 Å². The highest BCUT2D eigenvalue weighted by atomic mass is 35.5. The van der Waals surface area contributed by atoms with Crippen LogP contribution in [0.3, 0.4) is 0 Å². The van der Waals surface area contributed by atoms with Crippen molar-refractivity contribution in [2.45, 2.75) is 25.2 Å². The Hall–Kier alpha value is -3.39. The first-order valence-corrected chi connectivity index (χ1v) is 10.3. The van der Waals surface area contributed by atoms with E-state index in [0.717, 1.165) is 12.1 Å². The van der Waals surface area contributed by atoms with Crippen molar-refractivity contribution in [3.63, 3.8) is 0 Å². The Labute approximate surface area is 192 Å². The summed E-state index contributed by atoms with van der Waals surface area (Å²) in [5, 5.41) is 5.40. The number of benzene rings is 3. The van der Waals surface area contributed by atoms with Gasteiger partial charge in [0, 0.05) is 6.54 Å². The van der Waals surface area contributed by atoms with Gasteiger partial charge in [-0.05, 0) is 35.4 Å². The van der Waals surface area contributed by atoms with Crippen molar-refractivity contribution < 1.29 is 27.2 Å². The number of carbonyl (C=O) groups excluding carboxylic acids is 2. The van der Waals surface area contributed by atoms with Gasteiger partial charge in [-0.15, -0.1) is 0 Å². The standard InChI is InChI=1S/C24H19ClF4N2O2/c25-20-9-5-4-8-18(20)23(33)31-21(15-6-2-1-3-7-15)13-22(32)30-14-16-10-11-17(26)12-19(16)24(27,28)29/h1-12,21H,13-14H2,(H,30,32)(H,31,33). The quantitative estimate of drug-likeness (QED) is 0.429. The molecule has 3 rings (SSSR count). The molecule has 0 saturated carbocycles. The first-order chi connectivity index (χ1) is 15.6. The van der Waals surface area contributed by atoms with E-state index in [1.165, 1.54) is 6.07 Å². The molecule has 4 nitrogen and oxygen atoms in total. The van der Waals surface area contributed by atoms with Crippen molar-refractivity contribution in [3.8, 4) is 0 Å². The van der Waals surface area contributed by atoms with Gasteiger partial charge in [-0.3, -0.25) is 9.59 Å². The highest BCUT2D eigenvalue weighted by Gasteiger charge is 2.33. The summed E-state index contributed by atoms with van der Waals surface area (Å²) in [6, 6.07) is 16.6. The molecule has 0 bridgehead atoms. The Morgan fingerprint density at radius 2 is 1.61 bits per heavy atom. The highest BCUT2D eigenvalue weighted by Crippen LogP contribution is 2.32. The molecule has 0 aliphatic carbocycles. The number of alkyl halides is 3. The van der Waals surface area contributed by atoms with Crippen LogP contribution in [-0.4, -0.2) is 11.8 Å². The van der Waals surface area contributed by atoms with Crippen LogP contribution in [0.2, 0.25) is 5.02 Å². The minimum Gasteiger partial charge on any atom is -0.352 e. The third-order valence-corrected chi connectivity index (χ3v) is 5.20. The first kappa shape index (κ1) is 24.3. The molecule has 2 N–H and O–H groups in total. The number of rotatable bonds is 7. The van der Waals surface area contributed by atoms with Gasteiger partial charge < -0.3 is 10.6 Å². The fraction of sp³-hybridized carbons (Fsp3) is 0.167. The summed E-state index contributed by atoms with van der Waals surface area (Å²) in [6.45, 7) is -0.450. The molecule has 0 aliphatic heterocycles. The molecule has 172 valence electrons. The molecule has 0 heterocycles. The maximum Gasteiger partial charge on any atom is 0.416 e. The van der Waals surface area contributed by atoms with Gasteiger partial charge in [0.1, 0.15) is 5.82 Å². The average Bonchev–Trinajstić information content (AvgIpc) is 2.78. The topological polar surface area (TPSA) is 58.2 Å². The largest absolute Gasteiger partial charge is 0.416 e. The molecule has 33 heavy (non-hydrogen) atoms. The predicted molar refractivity (Wildman–Crippen MR) is 116 cm³/mol. The summed E-state index contributed by atoms with van der Waals surface area (Å²) >= 11 is 6.08. The summed E-state index contributed by atoms with van der Waals surface area (Å²) in [7, 11) is 0. The van der Waals surface area contributed by atoms with Crippen LogP contribution in [-0.2, 0) is 17.5 Å². The summed E-state index contributed by atoms with van der Waals surface area (Å²) in [5.41, 5.74) is -0.574. The van der Waals surface area contributed by atoms with Gasteiger partial charge in [0.05, 0.1) is 28.6 Å². The Balaban J connectivity index is 1.74. The second-order valence-corrected chi connectivity index (χ2v) is 7.60. The fourth-order valence-electron chi connectivity index (χ4n) is 3.24. The van der Waals surface area contributed by atoms with E-state index in [0.29, 0.717) is 11.6 Å². The van der Waals surface area contributed by atoms with Crippen molar-refractivity contribution in [2.75, 3.05) is 0 Å². The summed E-state index contributed by atoms with van der Waals surface area (Å²) in [5.74, 6) is -2.12.